The Morgan fingerprint density at radius 1 is 1.33 bits per heavy atom. The largest absolute Gasteiger partial charge is 0.497 e. The lowest BCUT2D eigenvalue weighted by Crippen LogP contribution is -2.06. The van der Waals surface area contributed by atoms with E-state index in [2.05, 4.69) is 21.7 Å². The molecule has 2 heterocycles. The zero-order valence-corrected chi connectivity index (χ0v) is 10.5. The monoisotopic (exact) mass is 243 g/mol. The van der Waals surface area contributed by atoms with Crippen LogP contribution in [0.25, 0.3) is 11.3 Å². The molecule has 0 unspecified atom stereocenters. The van der Waals surface area contributed by atoms with Crippen molar-refractivity contribution in [1.82, 2.24) is 9.55 Å². The van der Waals surface area contributed by atoms with Gasteiger partial charge < -0.3 is 15.0 Å². The third-order valence-electron chi connectivity index (χ3n) is 3.49. The van der Waals surface area contributed by atoms with Crippen LogP contribution in [0.3, 0.4) is 0 Å². The zero-order valence-electron chi connectivity index (χ0n) is 10.5. The minimum atomic E-state index is 0.503. The first-order valence-electron chi connectivity index (χ1n) is 6.26. The average molecular weight is 243 g/mol. The zero-order chi connectivity index (χ0) is 12.5. The molecule has 0 fully saturated rings. The predicted molar refractivity (Wildman–Crippen MR) is 70.4 cm³/mol. The van der Waals surface area contributed by atoms with Gasteiger partial charge in [-0.05, 0) is 37.1 Å². The summed E-state index contributed by atoms with van der Waals surface area (Å²) >= 11 is 0. The molecule has 4 nitrogen and oxygen atoms in total. The second-order valence-corrected chi connectivity index (χ2v) is 4.51. The second-order valence-electron chi connectivity index (χ2n) is 4.51. The van der Waals surface area contributed by atoms with Crippen molar-refractivity contribution in [3.8, 4) is 17.0 Å². The van der Waals surface area contributed by atoms with Crippen LogP contribution in [-0.2, 0) is 19.5 Å². The van der Waals surface area contributed by atoms with Gasteiger partial charge in [0.1, 0.15) is 11.6 Å². The Kier molecular flexibility index (Phi) is 2.80. The summed E-state index contributed by atoms with van der Waals surface area (Å²) in [6, 6.07) is 8.05. The third kappa shape index (κ3) is 1.69. The number of rotatable bonds is 3. The number of hydrogen-bond donors (Lipinski definition) is 1. The van der Waals surface area contributed by atoms with Crippen LogP contribution in [0.2, 0.25) is 0 Å². The molecule has 0 bridgehead atoms. The van der Waals surface area contributed by atoms with E-state index in [1.54, 1.807) is 7.11 Å². The number of hydrogen-bond acceptors (Lipinski definition) is 3. The fourth-order valence-corrected chi connectivity index (χ4v) is 2.60. The molecule has 94 valence electrons. The maximum absolute atomic E-state index is 5.76. The van der Waals surface area contributed by atoms with Crippen molar-refractivity contribution in [1.29, 1.82) is 0 Å². The second kappa shape index (κ2) is 4.46. The molecule has 4 heteroatoms. The molecule has 1 aromatic heterocycles. The standard InChI is InChI=1S/C14H17N3O/c1-18-11-6-4-10(5-7-11)14-12-3-2-8-17(12)13(9-15)16-14/h4-7H,2-3,8-9,15H2,1H3. The average Bonchev–Trinajstić information content (AvgIpc) is 3.00. The first-order valence-corrected chi connectivity index (χ1v) is 6.26. The summed E-state index contributed by atoms with van der Waals surface area (Å²) in [7, 11) is 1.68. The van der Waals surface area contributed by atoms with Gasteiger partial charge in [-0.3, -0.25) is 0 Å². The molecule has 3 rings (SSSR count). The van der Waals surface area contributed by atoms with Crippen molar-refractivity contribution >= 4 is 0 Å². The van der Waals surface area contributed by atoms with Crippen LogP contribution >= 0.6 is 0 Å². The van der Waals surface area contributed by atoms with Gasteiger partial charge in [-0.2, -0.15) is 0 Å². The van der Waals surface area contributed by atoms with Gasteiger partial charge in [-0.15, -0.1) is 0 Å². The molecule has 0 amide bonds. The van der Waals surface area contributed by atoms with Crippen molar-refractivity contribution in [3.05, 3.63) is 35.8 Å². The van der Waals surface area contributed by atoms with Crippen molar-refractivity contribution in [2.75, 3.05) is 7.11 Å². The molecular formula is C14H17N3O. The van der Waals surface area contributed by atoms with E-state index < -0.39 is 0 Å². The number of fused-ring (bicyclic) bond motifs is 1. The van der Waals surface area contributed by atoms with E-state index in [-0.39, 0.29) is 0 Å². The first-order chi connectivity index (χ1) is 8.83. The molecule has 1 aromatic carbocycles. The highest BCUT2D eigenvalue weighted by Gasteiger charge is 2.21. The van der Waals surface area contributed by atoms with E-state index in [0.29, 0.717) is 6.54 Å². The molecule has 0 saturated carbocycles. The Morgan fingerprint density at radius 3 is 2.78 bits per heavy atom. The Morgan fingerprint density at radius 2 is 2.11 bits per heavy atom. The SMILES string of the molecule is COc1ccc(-c2nc(CN)n3c2CCC3)cc1. The van der Waals surface area contributed by atoms with E-state index >= 15 is 0 Å². The summed E-state index contributed by atoms with van der Waals surface area (Å²) < 4.78 is 7.44. The summed E-state index contributed by atoms with van der Waals surface area (Å²) in [6.45, 7) is 1.55. The van der Waals surface area contributed by atoms with Crippen molar-refractivity contribution in [2.45, 2.75) is 25.9 Å². The third-order valence-corrected chi connectivity index (χ3v) is 3.49. The molecule has 0 radical (unpaired) electrons. The number of imidazole rings is 1. The van der Waals surface area contributed by atoms with Crippen LogP contribution in [0, 0.1) is 0 Å². The van der Waals surface area contributed by atoms with Gasteiger partial charge in [0, 0.05) is 17.8 Å². The Bertz CT molecular complexity index is 557. The lowest BCUT2D eigenvalue weighted by Gasteiger charge is -2.02. The van der Waals surface area contributed by atoms with Crippen LogP contribution in [0.4, 0.5) is 0 Å². The molecule has 1 aliphatic heterocycles. The van der Waals surface area contributed by atoms with Gasteiger partial charge in [0.05, 0.1) is 19.3 Å². The normalized spacial score (nSPS) is 13.7. The van der Waals surface area contributed by atoms with Crippen LogP contribution < -0.4 is 10.5 Å². The quantitative estimate of drug-likeness (QED) is 0.896. The molecule has 2 N–H and O–H groups in total. The fourth-order valence-electron chi connectivity index (χ4n) is 2.60. The number of aromatic nitrogens is 2. The lowest BCUT2D eigenvalue weighted by atomic mass is 10.1. The molecular weight excluding hydrogens is 226 g/mol. The van der Waals surface area contributed by atoms with Gasteiger partial charge >= 0.3 is 0 Å². The van der Waals surface area contributed by atoms with Crippen LogP contribution in [0.15, 0.2) is 24.3 Å². The maximum Gasteiger partial charge on any atom is 0.123 e. The van der Waals surface area contributed by atoms with Crippen LogP contribution in [0.1, 0.15) is 17.9 Å². The summed E-state index contributed by atoms with van der Waals surface area (Å²) in [5.74, 6) is 1.86. The molecule has 18 heavy (non-hydrogen) atoms. The number of ether oxygens (including phenoxy) is 1. The Balaban J connectivity index is 2.05. The number of nitrogens with zero attached hydrogens (tertiary/aromatic N) is 2. The topological polar surface area (TPSA) is 53.1 Å². The van der Waals surface area contributed by atoms with E-state index in [1.165, 1.54) is 12.1 Å². The van der Waals surface area contributed by atoms with Gasteiger partial charge in [0.2, 0.25) is 0 Å². The number of nitrogens with two attached hydrogens (primary N) is 1. The summed E-state index contributed by atoms with van der Waals surface area (Å²) in [6.07, 6.45) is 2.28. The highest BCUT2D eigenvalue weighted by atomic mass is 16.5. The van der Waals surface area contributed by atoms with Gasteiger partial charge in [-0.1, -0.05) is 0 Å². The van der Waals surface area contributed by atoms with Crippen molar-refractivity contribution in [2.24, 2.45) is 5.73 Å². The van der Waals surface area contributed by atoms with E-state index in [9.17, 15) is 0 Å². The minimum Gasteiger partial charge on any atom is -0.497 e. The van der Waals surface area contributed by atoms with E-state index in [1.807, 2.05) is 12.1 Å². The Labute approximate surface area is 106 Å². The summed E-state index contributed by atoms with van der Waals surface area (Å²) in [5, 5.41) is 0. The molecule has 0 spiro atoms. The van der Waals surface area contributed by atoms with Gasteiger partial charge in [0.25, 0.3) is 0 Å². The van der Waals surface area contributed by atoms with Crippen molar-refractivity contribution in [3.63, 3.8) is 0 Å². The van der Waals surface area contributed by atoms with E-state index in [4.69, 9.17) is 10.5 Å². The van der Waals surface area contributed by atoms with E-state index in [0.717, 1.165) is 35.8 Å². The lowest BCUT2D eigenvalue weighted by molar-refractivity contribution is 0.415. The number of methoxy groups -OCH3 is 1. The summed E-state index contributed by atoms with van der Waals surface area (Å²) in [5.41, 5.74) is 9.30. The Hall–Kier alpha value is -1.81. The minimum absolute atomic E-state index is 0.503. The molecule has 1 aliphatic rings. The highest BCUT2D eigenvalue weighted by molar-refractivity contribution is 5.63. The molecule has 0 atom stereocenters. The van der Waals surface area contributed by atoms with Gasteiger partial charge in [-0.25, -0.2) is 4.98 Å². The first kappa shape index (κ1) is 11.3. The number of benzene rings is 1. The van der Waals surface area contributed by atoms with Gasteiger partial charge in [0.15, 0.2) is 0 Å². The highest BCUT2D eigenvalue weighted by Crippen LogP contribution is 2.30. The maximum atomic E-state index is 5.76. The summed E-state index contributed by atoms with van der Waals surface area (Å²) in [4.78, 5) is 4.67. The van der Waals surface area contributed by atoms with Crippen LogP contribution in [-0.4, -0.2) is 16.7 Å². The smallest absolute Gasteiger partial charge is 0.123 e. The molecule has 0 saturated heterocycles. The van der Waals surface area contributed by atoms with Crippen LogP contribution in [0.5, 0.6) is 5.75 Å². The van der Waals surface area contributed by atoms with Crippen molar-refractivity contribution < 1.29 is 4.74 Å². The fraction of sp³-hybridized carbons (Fsp3) is 0.357. The molecule has 0 aliphatic carbocycles. The predicted octanol–water partition coefficient (Wildman–Crippen LogP) is 1.96. The molecule has 2 aromatic rings.